The summed E-state index contributed by atoms with van der Waals surface area (Å²) in [6.07, 6.45) is 3.91. The van der Waals surface area contributed by atoms with E-state index >= 15 is 0 Å². The van der Waals surface area contributed by atoms with Crippen molar-refractivity contribution in [2.24, 2.45) is 0 Å². The molecule has 25 heavy (non-hydrogen) atoms. The lowest BCUT2D eigenvalue weighted by Gasteiger charge is -2.18. The number of nitrogens with zero attached hydrogens (tertiary/aromatic N) is 2. The zero-order valence-electron chi connectivity index (χ0n) is 14.9. The Morgan fingerprint density at radius 3 is 2.20 bits per heavy atom. The number of benzene rings is 2. The fourth-order valence-electron chi connectivity index (χ4n) is 3.11. The van der Waals surface area contributed by atoms with Gasteiger partial charge in [-0.3, -0.25) is 0 Å². The Labute approximate surface area is 156 Å². The van der Waals surface area contributed by atoms with Crippen molar-refractivity contribution in [3.63, 3.8) is 0 Å². The van der Waals surface area contributed by atoms with Crippen molar-refractivity contribution >= 4 is 15.9 Å². The molecule has 4 heteroatoms. The summed E-state index contributed by atoms with van der Waals surface area (Å²) < 4.78 is 15.7. The highest BCUT2D eigenvalue weighted by Crippen LogP contribution is 2.36. The molecule has 0 N–H and O–H groups in total. The Morgan fingerprint density at radius 1 is 1.00 bits per heavy atom. The first kappa shape index (κ1) is 17.9. The molecular weight excluding hydrogens is 379 g/mol. The summed E-state index contributed by atoms with van der Waals surface area (Å²) in [6, 6.07) is 11.4. The molecule has 0 radical (unpaired) electrons. The van der Waals surface area contributed by atoms with Gasteiger partial charge in [-0.1, -0.05) is 45.9 Å². The molecule has 0 amide bonds. The summed E-state index contributed by atoms with van der Waals surface area (Å²) in [4.78, 5) is 0. The molecule has 1 aromatic heterocycles. The minimum absolute atomic E-state index is 0.275. The van der Waals surface area contributed by atoms with Crippen LogP contribution in [0, 0.1) is 5.82 Å². The van der Waals surface area contributed by atoms with Gasteiger partial charge < -0.3 is 0 Å². The van der Waals surface area contributed by atoms with E-state index in [4.69, 9.17) is 0 Å². The topological polar surface area (TPSA) is 17.8 Å². The Bertz CT molecular complexity index is 870. The van der Waals surface area contributed by atoms with Gasteiger partial charge in [0, 0.05) is 11.8 Å². The fourth-order valence-corrected chi connectivity index (χ4v) is 3.47. The molecule has 1 heterocycles. The van der Waals surface area contributed by atoms with Gasteiger partial charge in [-0.25, -0.2) is 9.07 Å². The van der Waals surface area contributed by atoms with Gasteiger partial charge in [-0.05, 0) is 62.7 Å². The van der Waals surface area contributed by atoms with Crippen LogP contribution in [0.15, 0.2) is 53.3 Å². The van der Waals surface area contributed by atoms with Gasteiger partial charge in [0.25, 0.3) is 0 Å². The van der Waals surface area contributed by atoms with Gasteiger partial charge in [0.05, 0.1) is 16.4 Å². The van der Waals surface area contributed by atoms with Gasteiger partial charge in [-0.15, -0.1) is 0 Å². The van der Waals surface area contributed by atoms with Crippen LogP contribution in [0.4, 0.5) is 4.39 Å². The van der Waals surface area contributed by atoms with Gasteiger partial charge in [0.2, 0.25) is 0 Å². The summed E-state index contributed by atoms with van der Waals surface area (Å²) in [5.74, 6) is 0.581. The Hall–Kier alpha value is -1.94. The molecule has 0 aliphatic heterocycles. The maximum absolute atomic E-state index is 13.5. The molecule has 0 unspecified atom stereocenters. The van der Waals surface area contributed by atoms with E-state index in [0.29, 0.717) is 16.3 Å². The highest BCUT2D eigenvalue weighted by molar-refractivity contribution is 9.10. The van der Waals surface area contributed by atoms with Crippen LogP contribution in [-0.2, 0) is 0 Å². The number of halogens is 2. The quantitative estimate of drug-likeness (QED) is 0.476. The lowest BCUT2D eigenvalue weighted by molar-refractivity contribution is 0.620. The van der Waals surface area contributed by atoms with Crippen LogP contribution in [0.5, 0.6) is 0 Å². The highest BCUT2D eigenvalue weighted by atomic mass is 79.9. The number of hydrogen-bond donors (Lipinski definition) is 0. The molecule has 0 atom stereocenters. The summed E-state index contributed by atoms with van der Waals surface area (Å²) >= 11 is 3.24. The van der Waals surface area contributed by atoms with Crippen molar-refractivity contribution < 1.29 is 4.39 Å². The predicted octanol–water partition coefficient (Wildman–Crippen LogP) is 6.69. The van der Waals surface area contributed by atoms with Gasteiger partial charge >= 0.3 is 0 Å². The molecule has 0 fully saturated rings. The van der Waals surface area contributed by atoms with Crippen molar-refractivity contribution in [2.45, 2.75) is 39.5 Å². The van der Waals surface area contributed by atoms with Gasteiger partial charge in [0.15, 0.2) is 0 Å². The molecule has 0 bridgehead atoms. The number of hydrogen-bond acceptors (Lipinski definition) is 1. The number of rotatable bonds is 4. The molecule has 0 aliphatic rings. The van der Waals surface area contributed by atoms with Crippen LogP contribution >= 0.6 is 15.9 Å². The Morgan fingerprint density at radius 2 is 1.64 bits per heavy atom. The van der Waals surface area contributed by atoms with Crippen LogP contribution in [0.2, 0.25) is 0 Å². The molecule has 3 aromatic rings. The van der Waals surface area contributed by atoms with Gasteiger partial charge in [-0.2, -0.15) is 5.10 Å². The van der Waals surface area contributed by atoms with E-state index in [9.17, 15) is 4.39 Å². The predicted molar refractivity (Wildman–Crippen MR) is 105 cm³/mol. The molecule has 2 aromatic carbocycles. The van der Waals surface area contributed by atoms with E-state index in [1.807, 2.05) is 12.4 Å². The van der Waals surface area contributed by atoms with Crippen LogP contribution in [-0.4, -0.2) is 9.78 Å². The van der Waals surface area contributed by atoms with Crippen LogP contribution < -0.4 is 0 Å². The third kappa shape index (κ3) is 3.54. The van der Waals surface area contributed by atoms with Crippen molar-refractivity contribution in [1.82, 2.24) is 9.78 Å². The van der Waals surface area contributed by atoms with Crippen LogP contribution in [0.25, 0.3) is 16.8 Å². The third-order valence-corrected chi connectivity index (χ3v) is 5.02. The highest BCUT2D eigenvalue weighted by Gasteiger charge is 2.17. The number of aromatic nitrogens is 2. The molecule has 0 aliphatic carbocycles. The van der Waals surface area contributed by atoms with E-state index in [2.05, 4.69) is 66.9 Å². The normalized spacial score (nSPS) is 11.5. The molecule has 3 rings (SSSR count). The average Bonchev–Trinajstić information content (AvgIpc) is 3.06. The second-order valence-electron chi connectivity index (χ2n) is 6.89. The first-order valence-corrected chi connectivity index (χ1v) is 9.31. The Kier molecular flexibility index (Phi) is 5.09. The van der Waals surface area contributed by atoms with E-state index in [1.165, 1.54) is 22.8 Å². The van der Waals surface area contributed by atoms with Crippen molar-refractivity contribution in [2.75, 3.05) is 0 Å². The third-order valence-electron chi connectivity index (χ3n) is 4.41. The van der Waals surface area contributed by atoms with Crippen molar-refractivity contribution in [3.8, 4) is 16.8 Å². The lowest BCUT2D eigenvalue weighted by atomic mass is 9.86. The molecule has 0 saturated heterocycles. The standard InChI is InChI=1S/C21H22BrFN2/c1-13(2)17-6-5-7-18(14(3)4)21(17)15-11-24-25(12-15)16-8-9-20(23)19(22)10-16/h5-14H,1-4H3. The second-order valence-corrected chi connectivity index (χ2v) is 7.75. The minimum atomic E-state index is -0.275. The first-order valence-electron chi connectivity index (χ1n) is 8.51. The SMILES string of the molecule is CC(C)c1cccc(C(C)C)c1-c1cnn(-c2ccc(F)c(Br)c2)c1. The van der Waals surface area contributed by atoms with Crippen LogP contribution in [0.3, 0.4) is 0 Å². The maximum Gasteiger partial charge on any atom is 0.137 e. The zero-order valence-corrected chi connectivity index (χ0v) is 16.5. The minimum Gasteiger partial charge on any atom is -0.240 e. The molecule has 0 saturated carbocycles. The van der Waals surface area contributed by atoms with Crippen molar-refractivity contribution in [1.29, 1.82) is 0 Å². The second kappa shape index (κ2) is 7.12. The monoisotopic (exact) mass is 400 g/mol. The summed E-state index contributed by atoms with van der Waals surface area (Å²) in [5, 5.41) is 4.51. The largest absolute Gasteiger partial charge is 0.240 e. The maximum atomic E-state index is 13.5. The lowest BCUT2D eigenvalue weighted by Crippen LogP contribution is -1.99. The van der Waals surface area contributed by atoms with E-state index in [-0.39, 0.29) is 5.82 Å². The van der Waals surface area contributed by atoms with E-state index in [1.54, 1.807) is 16.8 Å². The van der Waals surface area contributed by atoms with E-state index in [0.717, 1.165) is 11.3 Å². The zero-order chi connectivity index (χ0) is 18.1. The van der Waals surface area contributed by atoms with Gasteiger partial charge in [0.1, 0.15) is 5.82 Å². The molecular formula is C21H22BrFN2. The average molecular weight is 401 g/mol. The Balaban J connectivity index is 2.12. The van der Waals surface area contributed by atoms with E-state index < -0.39 is 0 Å². The summed E-state index contributed by atoms with van der Waals surface area (Å²) in [5.41, 5.74) is 5.83. The molecule has 0 spiro atoms. The van der Waals surface area contributed by atoms with Crippen LogP contribution in [0.1, 0.15) is 50.7 Å². The molecule has 2 nitrogen and oxygen atoms in total. The summed E-state index contributed by atoms with van der Waals surface area (Å²) in [7, 11) is 0. The fraction of sp³-hybridized carbons (Fsp3) is 0.286. The first-order chi connectivity index (χ1) is 11.9. The summed E-state index contributed by atoms with van der Waals surface area (Å²) in [6.45, 7) is 8.85. The molecule has 130 valence electrons. The smallest absolute Gasteiger partial charge is 0.137 e. The van der Waals surface area contributed by atoms with Crippen molar-refractivity contribution in [3.05, 3.63) is 70.2 Å².